The molecule has 0 atom stereocenters. The van der Waals surface area contributed by atoms with Gasteiger partial charge in [0.05, 0.1) is 6.20 Å². The minimum atomic E-state index is 0.893. The number of hydrogen-bond donors (Lipinski definition) is 0. The lowest BCUT2D eigenvalue weighted by Crippen LogP contribution is -1.86. The highest BCUT2D eigenvalue weighted by molar-refractivity contribution is 4.79. The molecule has 0 aliphatic heterocycles. The monoisotopic (exact) mass is 237 g/mol. The van der Waals surface area contributed by atoms with E-state index in [0.29, 0.717) is 0 Å². The summed E-state index contributed by atoms with van der Waals surface area (Å²) in [5.74, 6) is 0.893. The molecule has 0 aliphatic carbocycles. The minimum absolute atomic E-state index is 0.893. The summed E-state index contributed by atoms with van der Waals surface area (Å²) in [6.07, 6.45) is 18.2. The van der Waals surface area contributed by atoms with E-state index in [1.807, 2.05) is 0 Å². The van der Waals surface area contributed by atoms with E-state index in [1.54, 1.807) is 12.5 Å². The van der Waals surface area contributed by atoms with Crippen molar-refractivity contribution in [2.45, 2.75) is 77.6 Å². The Bertz CT molecular complexity index is 243. The lowest BCUT2D eigenvalue weighted by Gasteiger charge is -2.01. The standard InChI is InChI=1S/C15H27NO/c1-2-3-4-5-6-7-8-9-10-11-12-15-16-13-14-17-15/h13-14H,2-12H2,1H3. The third-order valence-electron chi connectivity index (χ3n) is 3.23. The first-order chi connectivity index (χ1) is 8.43. The molecule has 0 saturated heterocycles. The summed E-state index contributed by atoms with van der Waals surface area (Å²) in [5.41, 5.74) is 0. The predicted molar refractivity (Wildman–Crippen MR) is 72.1 cm³/mol. The van der Waals surface area contributed by atoms with Crippen molar-refractivity contribution in [3.8, 4) is 0 Å². The zero-order valence-corrected chi connectivity index (χ0v) is 11.3. The molecule has 1 aromatic heterocycles. The van der Waals surface area contributed by atoms with E-state index in [2.05, 4.69) is 11.9 Å². The molecule has 0 aliphatic rings. The fraction of sp³-hybridized carbons (Fsp3) is 0.800. The molecule has 1 heterocycles. The van der Waals surface area contributed by atoms with Crippen molar-refractivity contribution in [1.82, 2.24) is 4.98 Å². The van der Waals surface area contributed by atoms with Crippen LogP contribution >= 0.6 is 0 Å². The van der Waals surface area contributed by atoms with Crippen LogP contribution in [-0.2, 0) is 6.42 Å². The van der Waals surface area contributed by atoms with E-state index in [0.717, 1.165) is 12.3 Å². The van der Waals surface area contributed by atoms with E-state index in [4.69, 9.17) is 4.42 Å². The summed E-state index contributed by atoms with van der Waals surface area (Å²) < 4.78 is 5.20. The Balaban J connectivity index is 1.76. The Kier molecular flexibility index (Phi) is 8.71. The number of oxazole rings is 1. The van der Waals surface area contributed by atoms with Crippen molar-refractivity contribution < 1.29 is 4.42 Å². The van der Waals surface area contributed by atoms with Gasteiger partial charge in [-0.05, 0) is 6.42 Å². The maximum absolute atomic E-state index is 5.20. The smallest absolute Gasteiger partial charge is 0.193 e. The zero-order valence-electron chi connectivity index (χ0n) is 11.3. The fourth-order valence-corrected chi connectivity index (χ4v) is 2.14. The molecular weight excluding hydrogens is 210 g/mol. The molecular formula is C15H27NO. The topological polar surface area (TPSA) is 26.0 Å². The summed E-state index contributed by atoms with van der Waals surface area (Å²) in [6.45, 7) is 2.27. The van der Waals surface area contributed by atoms with Gasteiger partial charge in [0.2, 0.25) is 0 Å². The van der Waals surface area contributed by atoms with Crippen molar-refractivity contribution in [3.05, 3.63) is 18.4 Å². The molecule has 1 rings (SSSR count). The number of nitrogens with zero attached hydrogens (tertiary/aromatic N) is 1. The molecule has 0 spiro atoms. The lowest BCUT2D eigenvalue weighted by molar-refractivity contribution is 0.476. The Morgan fingerprint density at radius 1 is 0.882 bits per heavy atom. The quantitative estimate of drug-likeness (QED) is 0.498. The first-order valence-corrected chi connectivity index (χ1v) is 7.32. The van der Waals surface area contributed by atoms with Gasteiger partial charge in [0, 0.05) is 6.42 Å². The van der Waals surface area contributed by atoms with Crippen LogP contribution in [0.1, 0.15) is 77.0 Å². The molecule has 17 heavy (non-hydrogen) atoms. The largest absolute Gasteiger partial charge is 0.449 e. The number of aromatic nitrogens is 1. The minimum Gasteiger partial charge on any atom is -0.449 e. The number of rotatable bonds is 11. The summed E-state index contributed by atoms with van der Waals surface area (Å²) >= 11 is 0. The van der Waals surface area contributed by atoms with Crippen molar-refractivity contribution in [3.63, 3.8) is 0 Å². The first kappa shape index (κ1) is 14.3. The Hall–Kier alpha value is -0.790. The summed E-state index contributed by atoms with van der Waals surface area (Å²) in [6, 6.07) is 0. The van der Waals surface area contributed by atoms with Gasteiger partial charge in [-0.25, -0.2) is 4.98 Å². The normalized spacial score (nSPS) is 10.9. The van der Waals surface area contributed by atoms with Crippen LogP contribution in [0.25, 0.3) is 0 Å². The number of aryl methyl sites for hydroxylation is 1. The molecule has 2 heteroatoms. The molecule has 0 unspecified atom stereocenters. The highest BCUT2D eigenvalue weighted by Gasteiger charge is 1.97. The predicted octanol–water partition coefficient (Wildman–Crippen LogP) is 5.14. The summed E-state index contributed by atoms with van der Waals surface area (Å²) in [5, 5.41) is 0. The van der Waals surface area contributed by atoms with Crippen molar-refractivity contribution in [1.29, 1.82) is 0 Å². The molecule has 0 bridgehead atoms. The fourth-order valence-electron chi connectivity index (χ4n) is 2.14. The highest BCUT2D eigenvalue weighted by Crippen LogP contribution is 2.11. The highest BCUT2D eigenvalue weighted by atomic mass is 16.3. The van der Waals surface area contributed by atoms with Crippen LogP contribution in [0.5, 0.6) is 0 Å². The average molecular weight is 237 g/mol. The maximum atomic E-state index is 5.20. The van der Waals surface area contributed by atoms with Crippen LogP contribution in [0.2, 0.25) is 0 Å². The molecule has 98 valence electrons. The van der Waals surface area contributed by atoms with E-state index >= 15 is 0 Å². The molecule has 2 nitrogen and oxygen atoms in total. The van der Waals surface area contributed by atoms with Crippen molar-refractivity contribution in [2.24, 2.45) is 0 Å². The second-order valence-electron chi connectivity index (χ2n) is 4.86. The maximum Gasteiger partial charge on any atom is 0.193 e. The number of hydrogen-bond acceptors (Lipinski definition) is 2. The molecule has 0 radical (unpaired) electrons. The summed E-state index contributed by atoms with van der Waals surface area (Å²) in [4.78, 5) is 4.13. The van der Waals surface area contributed by atoms with Crippen LogP contribution in [0.3, 0.4) is 0 Å². The SMILES string of the molecule is CCCCCCCCCCCCc1ncco1. The molecule has 0 amide bonds. The van der Waals surface area contributed by atoms with Gasteiger partial charge < -0.3 is 4.42 Å². The lowest BCUT2D eigenvalue weighted by atomic mass is 10.1. The van der Waals surface area contributed by atoms with Gasteiger partial charge in [-0.15, -0.1) is 0 Å². The Morgan fingerprint density at radius 3 is 2.00 bits per heavy atom. The van der Waals surface area contributed by atoms with Crippen LogP contribution in [-0.4, -0.2) is 4.98 Å². The van der Waals surface area contributed by atoms with Crippen LogP contribution in [0.15, 0.2) is 16.9 Å². The van der Waals surface area contributed by atoms with Crippen LogP contribution in [0.4, 0.5) is 0 Å². The van der Waals surface area contributed by atoms with E-state index in [1.165, 1.54) is 64.2 Å². The molecule has 0 N–H and O–H groups in total. The van der Waals surface area contributed by atoms with Gasteiger partial charge >= 0.3 is 0 Å². The van der Waals surface area contributed by atoms with Crippen molar-refractivity contribution >= 4 is 0 Å². The third kappa shape index (κ3) is 8.00. The van der Waals surface area contributed by atoms with Gasteiger partial charge in [0.25, 0.3) is 0 Å². The Labute approximate surface area is 106 Å². The van der Waals surface area contributed by atoms with Gasteiger partial charge in [-0.3, -0.25) is 0 Å². The van der Waals surface area contributed by atoms with Gasteiger partial charge in [-0.1, -0.05) is 64.7 Å². The van der Waals surface area contributed by atoms with Crippen molar-refractivity contribution in [2.75, 3.05) is 0 Å². The van der Waals surface area contributed by atoms with E-state index in [-0.39, 0.29) is 0 Å². The molecule has 0 fully saturated rings. The number of unbranched alkanes of at least 4 members (excludes halogenated alkanes) is 9. The van der Waals surface area contributed by atoms with Gasteiger partial charge in [-0.2, -0.15) is 0 Å². The molecule has 0 saturated carbocycles. The van der Waals surface area contributed by atoms with Crippen LogP contribution in [0, 0.1) is 0 Å². The second kappa shape index (κ2) is 10.4. The zero-order chi connectivity index (χ0) is 12.2. The van der Waals surface area contributed by atoms with E-state index in [9.17, 15) is 0 Å². The van der Waals surface area contributed by atoms with E-state index < -0.39 is 0 Å². The second-order valence-corrected chi connectivity index (χ2v) is 4.86. The molecule has 0 aromatic carbocycles. The van der Waals surface area contributed by atoms with Gasteiger partial charge in [0.1, 0.15) is 6.26 Å². The average Bonchev–Trinajstić information content (AvgIpc) is 2.85. The van der Waals surface area contributed by atoms with Gasteiger partial charge in [0.15, 0.2) is 5.89 Å². The van der Waals surface area contributed by atoms with Crippen LogP contribution < -0.4 is 0 Å². The molecule has 1 aromatic rings. The Morgan fingerprint density at radius 2 is 1.47 bits per heavy atom. The summed E-state index contributed by atoms with van der Waals surface area (Å²) in [7, 11) is 0. The third-order valence-corrected chi connectivity index (χ3v) is 3.23. The first-order valence-electron chi connectivity index (χ1n) is 7.32.